The Balaban J connectivity index is 2.25. The van der Waals surface area contributed by atoms with Crippen LogP contribution in [0.4, 0.5) is 5.69 Å². The van der Waals surface area contributed by atoms with Gasteiger partial charge < -0.3 is 5.32 Å². The molecule has 0 aliphatic carbocycles. The first-order chi connectivity index (χ1) is 8.99. The monoisotopic (exact) mass is 421 g/mol. The summed E-state index contributed by atoms with van der Waals surface area (Å²) in [6, 6.07) is 11.7. The molecule has 5 heteroatoms. The maximum absolute atomic E-state index is 6.25. The summed E-state index contributed by atoms with van der Waals surface area (Å²) in [5, 5.41) is 4.81. The zero-order valence-electron chi connectivity index (χ0n) is 10.1. The summed E-state index contributed by atoms with van der Waals surface area (Å²) < 4.78 is 1.83. The summed E-state index contributed by atoms with van der Waals surface area (Å²) in [6.07, 6.45) is 0. The molecule has 2 aromatic carbocycles. The molecule has 0 saturated carbocycles. The summed E-state index contributed by atoms with van der Waals surface area (Å²) in [5.74, 6) is 0. The van der Waals surface area contributed by atoms with Crippen LogP contribution in [0.5, 0.6) is 0 Å². The second-order valence-electron chi connectivity index (χ2n) is 4.13. The number of benzene rings is 2. The minimum atomic E-state index is 0.0790. The van der Waals surface area contributed by atoms with Crippen molar-refractivity contribution in [3.63, 3.8) is 0 Å². The molecule has 0 heterocycles. The van der Waals surface area contributed by atoms with E-state index in [-0.39, 0.29) is 6.04 Å². The molecule has 0 aromatic heterocycles. The molecule has 0 amide bonds. The lowest BCUT2D eigenvalue weighted by molar-refractivity contribution is 0.883. The normalized spacial score (nSPS) is 12.3. The van der Waals surface area contributed by atoms with Gasteiger partial charge in [0.2, 0.25) is 0 Å². The van der Waals surface area contributed by atoms with Gasteiger partial charge in [0.15, 0.2) is 0 Å². The van der Waals surface area contributed by atoms with Gasteiger partial charge in [-0.2, -0.15) is 0 Å². The summed E-state index contributed by atoms with van der Waals surface area (Å²) in [5.41, 5.74) is 1.98. The Kier molecular flexibility index (Phi) is 5.18. The van der Waals surface area contributed by atoms with E-state index in [2.05, 4.69) is 44.1 Å². The van der Waals surface area contributed by atoms with Crippen LogP contribution in [0.3, 0.4) is 0 Å². The number of rotatable bonds is 3. The standard InChI is InChI=1S/C14H11Br2Cl2N/c1-8(10-6-5-9(15)7-12(10)18)19-13-4-2-3-11(17)14(13)16/h2-8,19H,1H3. The molecule has 19 heavy (non-hydrogen) atoms. The van der Waals surface area contributed by atoms with Crippen molar-refractivity contribution in [3.05, 3.63) is 61.0 Å². The molecule has 1 nitrogen and oxygen atoms in total. The largest absolute Gasteiger partial charge is 0.378 e. The summed E-state index contributed by atoms with van der Waals surface area (Å²) in [6.45, 7) is 2.06. The Labute approximate surface area is 139 Å². The van der Waals surface area contributed by atoms with Gasteiger partial charge in [-0.25, -0.2) is 0 Å². The van der Waals surface area contributed by atoms with Crippen LogP contribution in [0.25, 0.3) is 0 Å². The van der Waals surface area contributed by atoms with E-state index in [0.717, 1.165) is 25.2 Å². The van der Waals surface area contributed by atoms with Crippen LogP contribution in [0.2, 0.25) is 10.0 Å². The lowest BCUT2D eigenvalue weighted by Gasteiger charge is -2.18. The SMILES string of the molecule is CC(Nc1cccc(Cl)c1Br)c1ccc(Br)cc1Cl. The Morgan fingerprint density at radius 3 is 2.47 bits per heavy atom. The Bertz CT molecular complexity index is 602. The highest BCUT2D eigenvalue weighted by Crippen LogP contribution is 2.34. The van der Waals surface area contributed by atoms with Crippen molar-refractivity contribution in [2.24, 2.45) is 0 Å². The fourth-order valence-electron chi connectivity index (χ4n) is 1.78. The lowest BCUT2D eigenvalue weighted by atomic mass is 10.1. The number of hydrogen-bond donors (Lipinski definition) is 1. The van der Waals surface area contributed by atoms with Crippen molar-refractivity contribution in [1.82, 2.24) is 0 Å². The van der Waals surface area contributed by atoms with E-state index < -0.39 is 0 Å². The quantitative estimate of drug-likeness (QED) is 0.579. The molecule has 1 N–H and O–H groups in total. The topological polar surface area (TPSA) is 12.0 Å². The Morgan fingerprint density at radius 1 is 1.05 bits per heavy atom. The number of anilines is 1. The lowest BCUT2D eigenvalue weighted by Crippen LogP contribution is -2.07. The predicted octanol–water partition coefficient (Wildman–Crippen LogP) is 6.69. The summed E-state index contributed by atoms with van der Waals surface area (Å²) in [7, 11) is 0. The number of nitrogens with one attached hydrogen (secondary N) is 1. The van der Waals surface area contributed by atoms with E-state index in [1.165, 1.54) is 0 Å². The highest BCUT2D eigenvalue weighted by Gasteiger charge is 2.12. The Hall–Kier alpha value is -0.220. The fourth-order valence-corrected chi connectivity index (χ4v) is 3.17. The molecule has 0 aliphatic heterocycles. The molecule has 2 aromatic rings. The average molecular weight is 424 g/mol. The second kappa shape index (κ2) is 6.49. The van der Waals surface area contributed by atoms with Crippen molar-refractivity contribution in [2.75, 3.05) is 5.32 Å². The van der Waals surface area contributed by atoms with Gasteiger partial charge in [0.25, 0.3) is 0 Å². The first-order valence-electron chi connectivity index (χ1n) is 5.64. The van der Waals surface area contributed by atoms with Crippen molar-refractivity contribution in [3.8, 4) is 0 Å². The van der Waals surface area contributed by atoms with E-state index in [1.807, 2.05) is 36.4 Å². The van der Waals surface area contributed by atoms with Crippen LogP contribution in [0.15, 0.2) is 45.3 Å². The van der Waals surface area contributed by atoms with E-state index in [1.54, 1.807) is 0 Å². The maximum Gasteiger partial charge on any atom is 0.0593 e. The maximum atomic E-state index is 6.25. The van der Waals surface area contributed by atoms with E-state index in [4.69, 9.17) is 23.2 Å². The molecule has 1 unspecified atom stereocenters. The van der Waals surface area contributed by atoms with Crippen LogP contribution in [0, 0.1) is 0 Å². The van der Waals surface area contributed by atoms with E-state index in [0.29, 0.717) is 5.02 Å². The van der Waals surface area contributed by atoms with Crippen molar-refractivity contribution >= 4 is 60.7 Å². The van der Waals surface area contributed by atoms with Gasteiger partial charge in [0, 0.05) is 9.50 Å². The van der Waals surface area contributed by atoms with Crippen molar-refractivity contribution in [2.45, 2.75) is 13.0 Å². The number of hydrogen-bond acceptors (Lipinski definition) is 1. The average Bonchev–Trinajstić information content (AvgIpc) is 2.34. The van der Waals surface area contributed by atoms with Gasteiger partial charge in [0.1, 0.15) is 0 Å². The highest BCUT2D eigenvalue weighted by molar-refractivity contribution is 9.11. The van der Waals surface area contributed by atoms with Crippen LogP contribution in [-0.2, 0) is 0 Å². The Morgan fingerprint density at radius 2 is 1.79 bits per heavy atom. The van der Waals surface area contributed by atoms with E-state index in [9.17, 15) is 0 Å². The molecule has 0 aliphatic rings. The molecule has 100 valence electrons. The first kappa shape index (κ1) is 15.2. The molecular weight excluding hydrogens is 413 g/mol. The van der Waals surface area contributed by atoms with Crippen molar-refractivity contribution in [1.29, 1.82) is 0 Å². The van der Waals surface area contributed by atoms with Gasteiger partial charge in [-0.1, -0.05) is 51.3 Å². The predicted molar refractivity (Wildman–Crippen MR) is 90.3 cm³/mol. The molecule has 0 saturated heterocycles. The minimum Gasteiger partial charge on any atom is -0.378 e. The van der Waals surface area contributed by atoms with Crippen molar-refractivity contribution < 1.29 is 0 Å². The van der Waals surface area contributed by atoms with Gasteiger partial charge in [-0.05, 0) is 52.7 Å². The smallest absolute Gasteiger partial charge is 0.0593 e. The van der Waals surface area contributed by atoms with Gasteiger partial charge >= 0.3 is 0 Å². The third-order valence-electron chi connectivity index (χ3n) is 2.75. The van der Waals surface area contributed by atoms with Gasteiger partial charge in [-0.3, -0.25) is 0 Å². The third kappa shape index (κ3) is 3.66. The molecule has 0 bridgehead atoms. The summed E-state index contributed by atoms with van der Waals surface area (Å²) in [4.78, 5) is 0. The molecule has 0 radical (unpaired) electrons. The first-order valence-corrected chi connectivity index (χ1v) is 7.98. The third-order valence-corrected chi connectivity index (χ3v) is 4.97. The zero-order valence-corrected chi connectivity index (χ0v) is 14.7. The fraction of sp³-hybridized carbons (Fsp3) is 0.143. The zero-order chi connectivity index (χ0) is 14.0. The number of halogens is 4. The molecule has 0 spiro atoms. The van der Waals surface area contributed by atoms with E-state index >= 15 is 0 Å². The van der Waals surface area contributed by atoms with Crippen LogP contribution in [-0.4, -0.2) is 0 Å². The molecule has 1 atom stereocenters. The van der Waals surface area contributed by atoms with Crippen LogP contribution >= 0.6 is 55.1 Å². The van der Waals surface area contributed by atoms with Crippen LogP contribution < -0.4 is 5.32 Å². The highest BCUT2D eigenvalue weighted by atomic mass is 79.9. The molecular formula is C14H11Br2Cl2N. The van der Waals surface area contributed by atoms with Gasteiger partial charge in [0.05, 0.1) is 21.2 Å². The second-order valence-corrected chi connectivity index (χ2v) is 6.66. The van der Waals surface area contributed by atoms with Crippen LogP contribution in [0.1, 0.15) is 18.5 Å². The summed E-state index contributed by atoms with van der Waals surface area (Å²) >= 11 is 19.2. The molecule has 2 rings (SSSR count). The van der Waals surface area contributed by atoms with Gasteiger partial charge in [-0.15, -0.1) is 0 Å². The minimum absolute atomic E-state index is 0.0790. The molecule has 0 fully saturated rings.